The Morgan fingerprint density at radius 1 is 1.50 bits per heavy atom. The minimum Gasteiger partial charge on any atom is -0.364 e. The van der Waals surface area contributed by atoms with E-state index in [0.29, 0.717) is 0 Å². The minimum atomic E-state index is -4.47. The SMILES string of the molecule is CCC(c1nocc1CC(F)(F)F)n1cc([N+](=O)[O-])c(F)n1. The predicted octanol–water partition coefficient (Wildman–Crippen LogP) is 3.02. The number of rotatable bonds is 5. The van der Waals surface area contributed by atoms with Crippen LogP contribution in [0.25, 0.3) is 0 Å². The zero-order valence-electron chi connectivity index (χ0n) is 11.2. The zero-order valence-corrected chi connectivity index (χ0v) is 11.2. The normalized spacial score (nSPS) is 13.3. The molecule has 0 bridgehead atoms. The van der Waals surface area contributed by atoms with Gasteiger partial charge in [-0.05, 0) is 6.42 Å². The molecule has 0 aliphatic rings. The highest BCUT2D eigenvalue weighted by atomic mass is 19.4. The van der Waals surface area contributed by atoms with Gasteiger partial charge in [-0.25, -0.2) is 0 Å². The molecule has 11 heteroatoms. The molecule has 22 heavy (non-hydrogen) atoms. The number of hydrogen-bond acceptors (Lipinski definition) is 5. The smallest absolute Gasteiger partial charge is 0.364 e. The Kier molecular flexibility index (Phi) is 4.15. The number of halogens is 4. The second-order valence-electron chi connectivity index (χ2n) is 4.48. The molecular formula is C11H10F4N4O3. The van der Waals surface area contributed by atoms with Crippen molar-refractivity contribution in [3.63, 3.8) is 0 Å². The van der Waals surface area contributed by atoms with E-state index in [4.69, 9.17) is 0 Å². The van der Waals surface area contributed by atoms with Gasteiger partial charge in [-0.2, -0.15) is 17.6 Å². The van der Waals surface area contributed by atoms with Crippen molar-refractivity contribution in [2.75, 3.05) is 0 Å². The van der Waals surface area contributed by atoms with Gasteiger partial charge < -0.3 is 4.52 Å². The average molecular weight is 322 g/mol. The molecule has 0 spiro atoms. The summed E-state index contributed by atoms with van der Waals surface area (Å²) in [5, 5.41) is 17.5. The third-order valence-corrected chi connectivity index (χ3v) is 2.95. The minimum absolute atomic E-state index is 0.0859. The second kappa shape index (κ2) is 5.73. The van der Waals surface area contributed by atoms with Gasteiger partial charge in [0.1, 0.15) is 18.2 Å². The number of hydrogen-bond donors (Lipinski definition) is 0. The van der Waals surface area contributed by atoms with Crippen molar-refractivity contribution in [2.24, 2.45) is 0 Å². The van der Waals surface area contributed by atoms with E-state index in [1.165, 1.54) is 0 Å². The van der Waals surface area contributed by atoms with Gasteiger partial charge >= 0.3 is 17.8 Å². The molecule has 0 aliphatic carbocycles. The van der Waals surface area contributed by atoms with E-state index in [2.05, 4.69) is 14.8 Å². The molecule has 120 valence electrons. The fraction of sp³-hybridized carbons (Fsp3) is 0.455. The van der Waals surface area contributed by atoms with Crippen LogP contribution in [0.15, 0.2) is 17.0 Å². The molecule has 0 fully saturated rings. The lowest BCUT2D eigenvalue weighted by Gasteiger charge is -2.14. The summed E-state index contributed by atoms with van der Waals surface area (Å²) in [5.41, 5.74) is -1.17. The summed E-state index contributed by atoms with van der Waals surface area (Å²) in [6, 6.07) is -0.903. The van der Waals surface area contributed by atoms with Crippen molar-refractivity contribution in [3.05, 3.63) is 39.8 Å². The summed E-state index contributed by atoms with van der Waals surface area (Å²) >= 11 is 0. The lowest BCUT2D eigenvalue weighted by Crippen LogP contribution is -2.17. The highest BCUT2D eigenvalue weighted by Gasteiger charge is 2.33. The summed E-state index contributed by atoms with van der Waals surface area (Å²) in [7, 11) is 0. The zero-order chi connectivity index (χ0) is 16.5. The molecule has 0 radical (unpaired) electrons. The molecule has 0 aromatic carbocycles. The van der Waals surface area contributed by atoms with Crippen molar-refractivity contribution < 1.29 is 27.0 Å². The van der Waals surface area contributed by atoms with Crippen molar-refractivity contribution in [3.8, 4) is 0 Å². The van der Waals surface area contributed by atoms with Crippen LogP contribution in [-0.2, 0) is 6.42 Å². The first-order valence-corrected chi connectivity index (χ1v) is 6.12. The molecule has 2 rings (SSSR count). The molecule has 0 aliphatic heterocycles. The topological polar surface area (TPSA) is 87.0 Å². The lowest BCUT2D eigenvalue weighted by atomic mass is 10.1. The lowest BCUT2D eigenvalue weighted by molar-refractivity contribution is -0.387. The molecular weight excluding hydrogens is 312 g/mol. The fourth-order valence-corrected chi connectivity index (χ4v) is 2.04. The summed E-state index contributed by atoms with van der Waals surface area (Å²) in [6.45, 7) is 1.60. The van der Waals surface area contributed by atoms with Gasteiger partial charge in [-0.15, -0.1) is 5.10 Å². The standard InChI is InChI=1S/C11H10F4N4O3/c1-2-7(18-4-8(19(20)21)10(12)16-18)9-6(5-22-17-9)3-11(13,14)15/h4-5,7H,2-3H2,1H3. The van der Waals surface area contributed by atoms with Crippen LogP contribution in [0.1, 0.15) is 30.6 Å². The summed E-state index contributed by atoms with van der Waals surface area (Å²) in [6.07, 6.45) is -3.89. The molecule has 1 unspecified atom stereocenters. The van der Waals surface area contributed by atoms with Crippen LogP contribution in [-0.4, -0.2) is 26.0 Å². The Morgan fingerprint density at radius 2 is 2.18 bits per heavy atom. The molecule has 0 saturated heterocycles. The third-order valence-electron chi connectivity index (χ3n) is 2.95. The third kappa shape index (κ3) is 3.23. The van der Waals surface area contributed by atoms with E-state index in [1.54, 1.807) is 6.92 Å². The largest absolute Gasteiger partial charge is 0.393 e. The first-order valence-electron chi connectivity index (χ1n) is 6.12. The van der Waals surface area contributed by atoms with E-state index < -0.39 is 35.2 Å². The van der Waals surface area contributed by atoms with Gasteiger partial charge in [0.15, 0.2) is 0 Å². The predicted molar refractivity (Wildman–Crippen MR) is 63.5 cm³/mol. The molecule has 2 heterocycles. The van der Waals surface area contributed by atoms with Gasteiger partial charge in [-0.3, -0.25) is 14.8 Å². The molecule has 0 amide bonds. The fourth-order valence-electron chi connectivity index (χ4n) is 2.04. The molecule has 0 saturated carbocycles. The van der Waals surface area contributed by atoms with E-state index in [9.17, 15) is 27.7 Å². The maximum atomic E-state index is 13.4. The summed E-state index contributed by atoms with van der Waals surface area (Å²) in [5.74, 6) is -1.32. The van der Waals surface area contributed by atoms with E-state index in [1.807, 2.05) is 0 Å². The van der Waals surface area contributed by atoms with Crippen LogP contribution < -0.4 is 0 Å². The van der Waals surface area contributed by atoms with Crippen molar-refractivity contribution in [1.82, 2.24) is 14.9 Å². The molecule has 7 nitrogen and oxygen atoms in total. The quantitative estimate of drug-likeness (QED) is 0.480. The van der Waals surface area contributed by atoms with Crippen LogP contribution in [0.4, 0.5) is 23.2 Å². The summed E-state index contributed by atoms with van der Waals surface area (Å²) < 4.78 is 56.3. The molecule has 2 aromatic heterocycles. The Morgan fingerprint density at radius 3 is 2.68 bits per heavy atom. The second-order valence-corrected chi connectivity index (χ2v) is 4.48. The van der Waals surface area contributed by atoms with Crippen LogP contribution >= 0.6 is 0 Å². The molecule has 1 atom stereocenters. The van der Waals surface area contributed by atoms with Gasteiger partial charge in [0.25, 0.3) is 0 Å². The van der Waals surface area contributed by atoms with Crippen molar-refractivity contribution in [1.29, 1.82) is 0 Å². The first-order chi connectivity index (χ1) is 10.2. The van der Waals surface area contributed by atoms with Crippen molar-refractivity contribution in [2.45, 2.75) is 32.0 Å². The Bertz CT molecular complexity index is 679. The van der Waals surface area contributed by atoms with Gasteiger partial charge in [0, 0.05) is 5.56 Å². The Balaban J connectivity index is 2.39. The van der Waals surface area contributed by atoms with E-state index in [0.717, 1.165) is 17.1 Å². The van der Waals surface area contributed by atoms with Gasteiger partial charge in [0.05, 0.1) is 17.4 Å². The number of aromatic nitrogens is 3. The average Bonchev–Trinajstić information content (AvgIpc) is 2.96. The van der Waals surface area contributed by atoms with E-state index in [-0.39, 0.29) is 17.7 Å². The van der Waals surface area contributed by atoms with Crippen LogP contribution in [0.2, 0.25) is 0 Å². The van der Waals surface area contributed by atoms with Gasteiger partial charge in [-0.1, -0.05) is 12.1 Å². The molecule has 2 aromatic rings. The number of alkyl halides is 3. The molecule has 0 N–H and O–H groups in total. The highest BCUT2D eigenvalue weighted by molar-refractivity contribution is 5.26. The first kappa shape index (κ1) is 15.9. The maximum Gasteiger partial charge on any atom is 0.393 e. The maximum absolute atomic E-state index is 13.4. The van der Waals surface area contributed by atoms with Crippen LogP contribution in [0.3, 0.4) is 0 Å². The highest BCUT2D eigenvalue weighted by Crippen LogP contribution is 2.30. The number of nitro groups is 1. The van der Waals surface area contributed by atoms with E-state index >= 15 is 0 Å². The Hall–Kier alpha value is -2.46. The van der Waals surface area contributed by atoms with Crippen molar-refractivity contribution >= 4 is 5.69 Å². The summed E-state index contributed by atoms with van der Waals surface area (Å²) in [4.78, 5) is 9.65. The Labute approximate surface area is 120 Å². The van der Waals surface area contributed by atoms with Gasteiger partial charge in [0.2, 0.25) is 0 Å². The number of nitrogens with zero attached hydrogens (tertiary/aromatic N) is 4. The van der Waals surface area contributed by atoms with Crippen LogP contribution in [0, 0.1) is 16.1 Å². The monoisotopic (exact) mass is 322 g/mol. The van der Waals surface area contributed by atoms with Crippen LogP contribution in [0.5, 0.6) is 0 Å².